The highest BCUT2D eigenvalue weighted by molar-refractivity contribution is 5.78. The van der Waals surface area contributed by atoms with Crippen LogP contribution in [0.15, 0.2) is 22.8 Å². The number of hydrogen-bond acceptors (Lipinski definition) is 4. The van der Waals surface area contributed by atoms with Crippen molar-refractivity contribution in [3.05, 3.63) is 24.2 Å². The number of alkyl carbamates (subject to hydrolysis) is 1. The Balaban J connectivity index is 1.35. The summed E-state index contributed by atoms with van der Waals surface area (Å²) in [7, 11) is 0. The summed E-state index contributed by atoms with van der Waals surface area (Å²) < 4.78 is 10.9. The molecule has 2 aliphatic heterocycles. The van der Waals surface area contributed by atoms with Crippen LogP contribution in [0.3, 0.4) is 0 Å². The van der Waals surface area contributed by atoms with E-state index in [2.05, 4.69) is 10.2 Å². The molecule has 6 nitrogen and oxygen atoms in total. The molecular formula is C19H26N2O4. The second kappa shape index (κ2) is 6.73. The van der Waals surface area contributed by atoms with E-state index < -0.39 is 0 Å². The van der Waals surface area contributed by atoms with Crippen LogP contribution in [0.5, 0.6) is 0 Å². The molecule has 1 saturated carbocycles. The fourth-order valence-corrected chi connectivity index (χ4v) is 5.12. The average Bonchev–Trinajstić information content (AvgIpc) is 3.24. The van der Waals surface area contributed by atoms with Crippen molar-refractivity contribution in [2.75, 3.05) is 6.54 Å². The van der Waals surface area contributed by atoms with Crippen LogP contribution in [-0.2, 0) is 16.1 Å². The molecule has 0 bridgehead atoms. The first kappa shape index (κ1) is 16.5. The summed E-state index contributed by atoms with van der Waals surface area (Å²) in [4.78, 5) is 26.7. The first-order valence-electron chi connectivity index (χ1n) is 9.45. The van der Waals surface area contributed by atoms with Crippen molar-refractivity contribution in [2.45, 2.75) is 69.6 Å². The highest BCUT2D eigenvalue weighted by Crippen LogP contribution is 2.49. The van der Waals surface area contributed by atoms with Crippen molar-refractivity contribution >= 4 is 12.0 Å². The molecule has 3 atom stereocenters. The van der Waals surface area contributed by atoms with Gasteiger partial charge in [0.25, 0.3) is 0 Å². The molecule has 1 N–H and O–H groups in total. The highest BCUT2D eigenvalue weighted by atomic mass is 16.6. The number of amides is 2. The summed E-state index contributed by atoms with van der Waals surface area (Å²) in [5.41, 5.74) is 0.0398. The van der Waals surface area contributed by atoms with E-state index in [4.69, 9.17) is 9.15 Å². The number of carbonyl (C=O) groups excluding carboxylic acids is 2. The maximum absolute atomic E-state index is 12.4. The van der Waals surface area contributed by atoms with Crippen LogP contribution in [0.2, 0.25) is 0 Å². The number of carbonyl (C=O) groups is 2. The largest absolute Gasteiger partial charge is 0.467 e. The summed E-state index contributed by atoms with van der Waals surface area (Å²) >= 11 is 0. The zero-order valence-corrected chi connectivity index (χ0v) is 14.5. The van der Waals surface area contributed by atoms with Gasteiger partial charge in [-0.15, -0.1) is 0 Å². The smallest absolute Gasteiger partial charge is 0.407 e. The Bertz CT molecular complexity index is 629. The molecule has 136 valence electrons. The molecule has 1 aromatic rings. The standard InChI is InChI=1S/C19H26N2O4/c22-17-6-1-4-14-12-15(7-9-19(14)8-3-10-21(17)19)25-18(23)20-13-16-5-2-11-24-16/h2,5,11,14-15H,1,3-4,6-10,12-13H2,(H,20,23)/t14-,15-,19+/m0/s1. The van der Waals surface area contributed by atoms with Crippen molar-refractivity contribution in [2.24, 2.45) is 5.92 Å². The lowest BCUT2D eigenvalue weighted by Crippen LogP contribution is -2.54. The van der Waals surface area contributed by atoms with Gasteiger partial charge in [0.2, 0.25) is 5.91 Å². The maximum atomic E-state index is 12.4. The second-order valence-electron chi connectivity index (χ2n) is 7.58. The van der Waals surface area contributed by atoms with Gasteiger partial charge in [0.1, 0.15) is 11.9 Å². The van der Waals surface area contributed by atoms with Gasteiger partial charge in [0.05, 0.1) is 12.8 Å². The van der Waals surface area contributed by atoms with E-state index in [1.807, 2.05) is 6.07 Å². The third kappa shape index (κ3) is 3.14. The third-order valence-corrected chi connectivity index (χ3v) is 6.24. The van der Waals surface area contributed by atoms with Crippen LogP contribution in [-0.4, -0.2) is 35.1 Å². The second-order valence-corrected chi connectivity index (χ2v) is 7.58. The zero-order valence-electron chi connectivity index (χ0n) is 14.5. The minimum Gasteiger partial charge on any atom is -0.467 e. The fraction of sp³-hybridized carbons (Fsp3) is 0.684. The summed E-state index contributed by atoms with van der Waals surface area (Å²) in [6, 6.07) is 3.62. The Morgan fingerprint density at radius 3 is 3.12 bits per heavy atom. The van der Waals surface area contributed by atoms with Crippen molar-refractivity contribution in [3.63, 3.8) is 0 Å². The Labute approximate surface area is 147 Å². The van der Waals surface area contributed by atoms with E-state index in [1.165, 1.54) is 0 Å². The molecule has 3 aliphatic rings. The summed E-state index contributed by atoms with van der Waals surface area (Å²) in [6.45, 7) is 1.25. The molecule has 1 aliphatic carbocycles. The van der Waals surface area contributed by atoms with Gasteiger partial charge in [0, 0.05) is 18.5 Å². The summed E-state index contributed by atoms with van der Waals surface area (Å²) in [5.74, 6) is 1.50. The predicted molar refractivity (Wildman–Crippen MR) is 90.7 cm³/mol. The van der Waals surface area contributed by atoms with E-state index in [9.17, 15) is 9.59 Å². The van der Waals surface area contributed by atoms with Gasteiger partial charge in [-0.2, -0.15) is 0 Å². The number of furan rings is 1. The minimum atomic E-state index is -0.384. The first-order valence-corrected chi connectivity index (χ1v) is 9.45. The normalized spacial score (nSPS) is 31.8. The molecule has 0 aromatic carbocycles. The molecule has 3 fully saturated rings. The molecular weight excluding hydrogens is 320 g/mol. The van der Waals surface area contributed by atoms with Gasteiger partial charge < -0.3 is 19.4 Å². The lowest BCUT2D eigenvalue weighted by atomic mass is 9.69. The number of hydrogen-bond donors (Lipinski definition) is 1. The van der Waals surface area contributed by atoms with Crippen molar-refractivity contribution in [3.8, 4) is 0 Å². The van der Waals surface area contributed by atoms with Gasteiger partial charge >= 0.3 is 6.09 Å². The molecule has 2 amide bonds. The van der Waals surface area contributed by atoms with E-state index in [0.717, 1.165) is 51.5 Å². The SMILES string of the molecule is O=C(NCc1ccco1)O[C@H]1CC[C@@]23CCCN2C(=O)CCC[C@H]3C1. The van der Waals surface area contributed by atoms with E-state index in [0.29, 0.717) is 30.6 Å². The molecule has 1 spiro atoms. The molecule has 0 unspecified atom stereocenters. The van der Waals surface area contributed by atoms with Crippen LogP contribution in [0.25, 0.3) is 0 Å². The number of ether oxygens (including phenoxy) is 1. The monoisotopic (exact) mass is 346 g/mol. The summed E-state index contributed by atoms with van der Waals surface area (Å²) in [6.07, 6.45) is 8.74. The average molecular weight is 346 g/mol. The van der Waals surface area contributed by atoms with Gasteiger partial charge in [-0.1, -0.05) is 0 Å². The van der Waals surface area contributed by atoms with Gasteiger partial charge in [-0.25, -0.2) is 4.79 Å². The van der Waals surface area contributed by atoms with Gasteiger partial charge in [-0.3, -0.25) is 4.79 Å². The highest BCUT2D eigenvalue weighted by Gasteiger charge is 2.52. The van der Waals surface area contributed by atoms with Crippen LogP contribution >= 0.6 is 0 Å². The van der Waals surface area contributed by atoms with Crippen LogP contribution in [0, 0.1) is 5.92 Å². The van der Waals surface area contributed by atoms with Crippen LogP contribution in [0.1, 0.15) is 57.1 Å². The molecule has 0 radical (unpaired) electrons. The van der Waals surface area contributed by atoms with Crippen molar-refractivity contribution in [1.82, 2.24) is 10.2 Å². The van der Waals surface area contributed by atoms with E-state index >= 15 is 0 Å². The Kier molecular flexibility index (Phi) is 4.44. The lowest BCUT2D eigenvalue weighted by Gasteiger charge is -2.48. The minimum absolute atomic E-state index is 0.0398. The molecule has 6 heteroatoms. The molecule has 3 heterocycles. The molecule has 25 heavy (non-hydrogen) atoms. The van der Waals surface area contributed by atoms with Gasteiger partial charge in [0.15, 0.2) is 0 Å². The predicted octanol–water partition coefficient (Wildman–Crippen LogP) is 3.22. The zero-order chi connectivity index (χ0) is 17.3. The maximum Gasteiger partial charge on any atom is 0.407 e. The Hall–Kier alpha value is -1.98. The van der Waals surface area contributed by atoms with Crippen LogP contribution in [0.4, 0.5) is 4.79 Å². The van der Waals surface area contributed by atoms with E-state index in [-0.39, 0.29) is 17.7 Å². The van der Waals surface area contributed by atoms with Gasteiger partial charge in [-0.05, 0) is 63.0 Å². The van der Waals surface area contributed by atoms with Crippen LogP contribution < -0.4 is 5.32 Å². The molecule has 2 saturated heterocycles. The Morgan fingerprint density at radius 1 is 1.36 bits per heavy atom. The number of rotatable bonds is 3. The van der Waals surface area contributed by atoms with Crippen molar-refractivity contribution in [1.29, 1.82) is 0 Å². The topological polar surface area (TPSA) is 71.8 Å². The Morgan fingerprint density at radius 2 is 2.28 bits per heavy atom. The third-order valence-electron chi connectivity index (χ3n) is 6.24. The first-order chi connectivity index (χ1) is 12.2. The van der Waals surface area contributed by atoms with E-state index in [1.54, 1.807) is 12.3 Å². The molecule has 4 rings (SSSR count). The fourth-order valence-electron chi connectivity index (χ4n) is 5.12. The number of nitrogens with zero attached hydrogens (tertiary/aromatic N) is 1. The lowest BCUT2D eigenvalue weighted by molar-refractivity contribution is -0.138. The number of nitrogens with one attached hydrogen (secondary N) is 1. The molecule has 1 aromatic heterocycles. The van der Waals surface area contributed by atoms with Crippen molar-refractivity contribution < 1.29 is 18.7 Å². The quantitative estimate of drug-likeness (QED) is 0.912. The summed E-state index contributed by atoms with van der Waals surface area (Å²) in [5, 5.41) is 2.75.